The Morgan fingerprint density at radius 2 is 1.69 bits per heavy atom. The molecule has 35 heavy (non-hydrogen) atoms. The van der Waals surface area contributed by atoms with Gasteiger partial charge in [0.25, 0.3) is 0 Å². The molecule has 7 nitrogen and oxygen atoms in total. The zero-order valence-electron chi connectivity index (χ0n) is 21.8. The van der Waals surface area contributed by atoms with Gasteiger partial charge in [0.15, 0.2) is 17.2 Å². The molecule has 1 fully saturated rings. The Labute approximate surface area is 208 Å². The zero-order valence-corrected chi connectivity index (χ0v) is 21.8. The van der Waals surface area contributed by atoms with Crippen molar-refractivity contribution in [1.82, 2.24) is 4.90 Å². The summed E-state index contributed by atoms with van der Waals surface area (Å²) < 4.78 is 23.7. The molecule has 3 aliphatic heterocycles. The molecule has 0 saturated carbocycles. The van der Waals surface area contributed by atoms with Crippen LogP contribution in [0.4, 0.5) is 5.69 Å². The first kappa shape index (κ1) is 25.2. The molecule has 3 unspecified atom stereocenters. The lowest BCUT2D eigenvalue weighted by Gasteiger charge is -2.49. The van der Waals surface area contributed by atoms with Crippen molar-refractivity contribution in [3.63, 3.8) is 0 Å². The van der Waals surface area contributed by atoms with Gasteiger partial charge >= 0.3 is 5.97 Å². The van der Waals surface area contributed by atoms with Crippen molar-refractivity contribution >= 4 is 11.7 Å². The molecule has 0 aliphatic carbocycles. The van der Waals surface area contributed by atoms with Crippen molar-refractivity contribution in [2.24, 2.45) is 5.92 Å². The molecule has 0 radical (unpaired) electrons. The SMILES string of the molecule is CC.CCOC(=O)C1C(c2ccc(N(C)C)cc2)c2cc3c(cc2OC1(C)N1CCCC1)OCO3. The molecule has 1 saturated heterocycles. The summed E-state index contributed by atoms with van der Waals surface area (Å²) in [5.74, 6) is 1.07. The lowest BCUT2D eigenvalue weighted by molar-refractivity contribution is -0.174. The fraction of sp³-hybridized carbons (Fsp3) is 0.536. The molecular formula is C28H38N2O5. The van der Waals surface area contributed by atoms with Crippen LogP contribution in [-0.2, 0) is 9.53 Å². The summed E-state index contributed by atoms with van der Waals surface area (Å²) in [6, 6.07) is 12.3. The van der Waals surface area contributed by atoms with Crippen molar-refractivity contribution in [2.75, 3.05) is 45.5 Å². The van der Waals surface area contributed by atoms with Gasteiger partial charge in [0.2, 0.25) is 6.79 Å². The Kier molecular flexibility index (Phi) is 7.45. The van der Waals surface area contributed by atoms with Crippen LogP contribution in [0.3, 0.4) is 0 Å². The van der Waals surface area contributed by atoms with Crippen LogP contribution in [0, 0.1) is 5.92 Å². The van der Waals surface area contributed by atoms with E-state index in [0.717, 1.165) is 48.5 Å². The van der Waals surface area contributed by atoms with Gasteiger partial charge in [0.05, 0.1) is 6.61 Å². The normalized spacial score (nSPS) is 24.6. The Morgan fingerprint density at radius 1 is 1.06 bits per heavy atom. The number of fused-ring (bicyclic) bond motifs is 2. The van der Waals surface area contributed by atoms with E-state index < -0.39 is 11.6 Å². The second-order valence-corrected chi connectivity index (χ2v) is 9.29. The van der Waals surface area contributed by atoms with Crippen molar-refractivity contribution in [1.29, 1.82) is 0 Å². The number of likely N-dealkylation sites (tertiary alicyclic amines) is 1. The number of anilines is 1. The van der Waals surface area contributed by atoms with E-state index in [1.165, 1.54) is 0 Å². The monoisotopic (exact) mass is 482 g/mol. The van der Waals surface area contributed by atoms with Crippen LogP contribution in [0.1, 0.15) is 57.6 Å². The summed E-state index contributed by atoms with van der Waals surface area (Å²) in [5, 5.41) is 0. The van der Waals surface area contributed by atoms with E-state index >= 15 is 0 Å². The summed E-state index contributed by atoms with van der Waals surface area (Å²) in [4.78, 5) is 17.9. The van der Waals surface area contributed by atoms with E-state index in [4.69, 9.17) is 18.9 Å². The lowest BCUT2D eigenvalue weighted by Crippen LogP contribution is -2.61. The summed E-state index contributed by atoms with van der Waals surface area (Å²) in [5.41, 5.74) is 2.24. The van der Waals surface area contributed by atoms with Crippen LogP contribution in [0.5, 0.6) is 17.2 Å². The summed E-state index contributed by atoms with van der Waals surface area (Å²) >= 11 is 0. The predicted molar refractivity (Wildman–Crippen MR) is 136 cm³/mol. The average molecular weight is 483 g/mol. The molecule has 0 N–H and O–H groups in total. The van der Waals surface area contributed by atoms with Gasteiger partial charge in [0, 0.05) is 50.4 Å². The van der Waals surface area contributed by atoms with Gasteiger partial charge in [-0.3, -0.25) is 9.69 Å². The molecule has 0 aromatic heterocycles. The van der Waals surface area contributed by atoms with Crippen LogP contribution < -0.4 is 19.1 Å². The lowest BCUT2D eigenvalue weighted by atomic mass is 9.72. The van der Waals surface area contributed by atoms with E-state index in [-0.39, 0.29) is 18.7 Å². The number of hydrogen-bond donors (Lipinski definition) is 0. The molecule has 5 rings (SSSR count). The van der Waals surface area contributed by atoms with Gasteiger partial charge in [0.1, 0.15) is 11.7 Å². The fourth-order valence-corrected chi connectivity index (χ4v) is 5.41. The Hall–Kier alpha value is -2.93. The molecule has 3 aliphatic rings. The Balaban J connectivity index is 0.00000141. The number of benzene rings is 2. The van der Waals surface area contributed by atoms with Crippen molar-refractivity contribution in [3.8, 4) is 17.2 Å². The van der Waals surface area contributed by atoms with Crippen molar-refractivity contribution in [2.45, 2.75) is 52.2 Å². The predicted octanol–water partition coefficient (Wildman–Crippen LogP) is 5.02. The summed E-state index contributed by atoms with van der Waals surface area (Å²) in [6.07, 6.45) is 2.18. The van der Waals surface area contributed by atoms with E-state index in [2.05, 4.69) is 34.1 Å². The largest absolute Gasteiger partial charge is 0.471 e. The van der Waals surface area contributed by atoms with Gasteiger partial charge in [-0.05, 0) is 50.5 Å². The highest BCUT2D eigenvalue weighted by atomic mass is 16.7. The van der Waals surface area contributed by atoms with Crippen LogP contribution in [-0.4, -0.2) is 57.2 Å². The number of esters is 1. The molecule has 3 heterocycles. The number of carbonyl (C=O) groups excluding carboxylic acids is 1. The second kappa shape index (κ2) is 10.4. The average Bonchev–Trinajstić information content (AvgIpc) is 3.56. The standard InChI is InChI=1S/C26H32N2O5.C2H6/c1-5-30-25(29)24-23(17-8-10-18(11-9-17)27(3)4)19-14-21-22(32-16-31-21)15-20(19)33-26(24,2)28-12-6-7-13-28;1-2/h8-11,14-15,23-24H,5-7,12-13,16H2,1-4H3;1-2H3. The minimum Gasteiger partial charge on any atom is -0.471 e. The third kappa shape index (κ3) is 4.54. The molecule has 190 valence electrons. The molecular weight excluding hydrogens is 444 g/mol. The smallest absolute Gasteiger partial charge is 0.315 e. The highest BCUT2D eigenvalue weighted by Crippen LogP contribution is 2.53. The molecule has 2 aromatic rings. The zero-order chi connectivity index (χ0) is 25.2. The molecule has 7 heteroatoms. The number of nitrogens with zero attached hydrogens (tertiary/aromatic N) is 2. The second-order valence-electron chi connectivity index (χ2n) is 9.29. The topological polar surface area (TPSA) is 60.5 Å². The highest BCUT2D eigenvalue weighted by molar-refractivity contribution is 5.78. The van der Waals surface area contributed by atoms with Crippen molar-refractivity contribution < 1.29 is 23.7 Å². The minimum absolute atomic E-state index is 0.186. The van der Waals surface area contributed by atoms with Crippen LogP contribution in [0.2, 0.25) is 0 Å². The third-order valence-corrected chi connectivity index (χ3v) is 7.11. The van der Waals surface area contributed by atoms with E-state index in [1.54, 1.807) is 0 Å². The Morgan fingerprint density at radius 3 is 2.29 bits per heavy atom. The van der Waals surface area contributed by atoms with Gasteiger partial charge in [-0.2, -0.15) is 0 Å². The number of rotatable bonds is 5. The first-order valence-corrected chi connectivity index (χ1v) is 12.7. The molecule has 2 aromatic carbocycles. The van der Waals surface area contributed by atoms with Crippen molar-refractivity contribution in [3.05, 3.63) is 47.5 Å². The fourth-order valence-electron chi connectivity index (χ4n) is 5.41. The van der Waals surface area contributed by atoms with E-state index in [1.807, 2.05) is 53.9 Å². The summed E-state index contributed by atoms with van der Waals surface area (Å²) in [7, 11) is 4.04. The number of hydrogen-bond acceptors (Lipinski definition) is 7. The maximum Gasteiger partial charge on any atom is 0.315 e. The van der Waals surface area contributed by atoms with Crippen LogP contribution in [0.25, 0.3) is 0 Å². The molecule has 0 amide bonds. The Bertz CT molecular complexity index is 1030. The van der Waals surface area contributed by atoms with E-state index in [0.29, 0.717) is 18.1 Å². The van der Waals surface area contributed by atoms with Gasteiger partial charge < -0.3 is 23.8 Å². The number of ether oxygens (including phenoxy) is 4. The molecule has 3 atom stereocenters. The highest BCUT2D eigenvalue weighted by Gasteiger charge is 2.56. The maximum atomic E-state index is 13.6. The third-order valence-electron chi connectivity index (χ3n) is 7.11. The van der Waals surface area contributed by atoms with Crippen LogP contribution >= 0.6 is 0 Å². The maximum absolute atomic E-state index is 13.6. The van der Waals surface area contributed by atoms with Gasteiger partial charge in [-0.15, -0.1) is 0 Å². The molecule has 0 bridgehead atoms. The first-order chi connectivity index (χ1) is 16.9. The van der Waals surface area contributed by atoms with E-state index in [9.17, 15) is 4.79 Å². The first-order valence-electron chi connectivity index (χ1n) is 12.7. The minimum atomic E-state index is -0.839. The van der Waals surface area contributed by atoms with Crippen LogP contribution in [0.15, 0.2) is 36.4 Å². The molecule has 0 spiro atoms. The van der Waals surface area contributed by atoms with Gasteiger partial charge in [-0.1, -0.05) is 26.0 Å². The van der Waals surface area contributed by atoms with Gasteiger partial charge in [-0.25, -0.2) is 0 Å². The number of carbonyl (C=O) groups is 1. The quantitative estimate of drug-likeness (QED) is 0.555. The summed E-state index contributed by atoms with van der Waals surface area (Å²) in [6.45, 7) is 10.2.